The van der Waals surface area contributed by atoms with Crippen LogP contribution in [0.4, 0.5) is 0 Å². The zero-order valence-corrected chi connectivity index (χ0v) is 32.3. The molecule has 10 aromatic rings. The number of nitrogens with zero attached hydrogens (tertiary/aromatic N) is 7. The number of hydrogen-bond donors (Lipinski definition) is 0. The Morgan fingerprint density at radius 3 is 1.07 bits per heavy atom. The van der Waals surface area contributed by atoms with Crippen LogP contribution in [-0.2, 0) is 0 Å². The first-order valence-corrected chi connectivity index (χ1v) is 19.7. The third kappa shape index (κ3) is 7.71. The molecule has 0 spiro atoms. The summed E-state index contributed by atoms with van der Waals surface area (Å²) in [5, 5.41) is 0. The maximum absolute atomic E-state index is 5.19. The Kier molecular flexibility index (Phi) is 9.79. The largest absolute Gasteiger partial charge is 0.254 e. The Labute approximate surface area is 347 Å². The molecule has 0 radical (unpaired) electrons. The molecule has 0 aliphatic rings. The summed E-state index contributed by atoms with van der Waals surface area (Å²) in [6, 6.07) is 69.0. The van der Waals surface area contributed by atoms with Crippen molar-refractivity contribution >= 4 is 0 Å². The summed E-state index contributed by atoms with van der Waals surface area (Å²) < 4.78 is 0. The van der Waals surface area contributed by atoms with Crippen LogP contribution in [0.5, 0.6) is 0 Å². The molecule has 0 fully saturated rings. The van der Waals surface area contributed by atoms with E-state index in [-0.39, 0.29) is 0 Å². The highest BCUT2D eigenvalue weighted by molar-refractivity contribution is 5.77. The molecule has 0 N–H and O–H groups in total. The standard InChI is InChI=1S/C53H35N7/c1-6-17-36(18-7-1)42-31-49(43-30-29-41(35-54-43)53-58-46(37-19-8-2-9-20-37)33-47(59-53)38-21-10-3-11-22-38)56-50(32-42)44-27-16-28-45(55-44)51-34-48(39-23-12-4-13-24-39)57-52(60-51)40-25-14-5-15-26-40/h1-35H. The Morgan fingerprint density at radius 1 is 0.200 bits per heavy atom. The van der Waals surface area contributed by atoms with E-state index < -0.39 is 0 Å². The zero-order valence-electron chi connectivity index (χ0n) is 32.3. The molecule has 0 saturated heterocycles. The molecule has 0 atom stereocenters. The minimum Gasteiger partial charge on any atom is -0.254 e. The SMILES string of the molecule is c1ccc(-c2cc(-c3ccc(-c4nc(-c5ccccc5)cc(-c5ccccc5)n4)cn3)nc(-c3cccc(-c4cc(-c5ccccc5)nc(-c5ccccc5)n4)n3)c2)cc1. The number of benzene rings is 5. The molecule has 0 saturated carbocycles. The third-order valence-corrected chi connectivity index (χ3v) is 10.2. The normalized spacial score (nSPS) is 11.0. The van der Waals surface area contributed by atoms with Gasteiger partial charge in [-0.25, -0.2) is 29.9 Å². The topological polar surface area (TPSA) is 90.2 Å². The smallest absolute Gasteiger partial charge is 0.161 e. The van der Waals surface area contributed by atoms with E-state index in [1.54, 1.807) is 0 Å². The lowest BCUT2D eigenvalue weighted by Gasteiger charge is -2.12. The van der Waals surface area contributed by atoms with Crippen LogP contribution in [0, 0.1) is 0 Å². The van der Waals surface area contributed by atoms with Crippen molar-refractivity contribution < 1.29 is 0 Å². The minimum absolute atomic E-state index is 0.595. The van der Waals surface area contributed by atoms with Crippen LogP contribution in [0.3, 0.4) is 0 Å². The Hall–Kier alpha value is -8.29. The van der Waals surface area contributed by atoms with Crippen molar-refractivity contribution in [1.82, 2.24) is 34.9 Å². The maximum atomic E-state index is 5.19. The van der Waals surface area contributed by atoms with E-state index in [1.165, 1.54) is 0 Å². The van der Waals surface area contributed by atoms with Crippen molar-refractivity contribution in [3.63, 3.8) is 0 Å². The summed E-state index contributed by atoms with van der Waals surface area (Å²) in [7, 11) is 0. The molecule has 282 valence electrons. The fourth-order valence-corrected chi connectivity index (χ4v) is 7.13. The highest BCUT2D eigenvalue weighted by atomic mass is 14.9. The molecule has 5 aromatic carbocycles. The molecule has 60 heavy (non-hydrogen) atoms. The predicted molar refractivity (Wildman–Crippen MR) is 240 cm³/mol. The van der Waals surface area contributed by atoms with Gasteiger partial charge in [0.25, 0.3) is 0 Å². The summed E-state index contributed by atoms with van der Waals surface area (Å²) in [6.07, 6.45) is 1.83. The fraction of sp³-hybridized carbons (Fsp3) is 0. The van der Waals surface area contributed by atoms with Crippen LogP contribution >= 0.6 is 0 Å². The van der Waals surface area contributed by atoms with Crippen LogP contribution in [0.25, 0.3) is 102 Å². The van der Waals surface area contributed by atoms with E-state index in [4.69, 9.17) is 34.9 Å². The Bertz CT molecular complexity index is 2940. The molecule has 0 amide bonds. The molecule has 0 aliphatic carbocycles. The van der Waals surface area contributed by atoms with Crippen LogP contribution in [-0.4, -0.2) is 34.9 Å². The molecule has 10 rings (SSSR count). The average Bonchev–Trinajstić information content (AvgIpc) is 3.35. The third-order valence-electron chi connectivity index (χ3n) is 10.2. The molecule has 0 aliphatic heterocycles. The Balaban J connectivity index is 1.05. The van der Waals surface area contributed by atoms with E-state index >= 15 is 0 Å². The van der Waals surface area contributed by atoms with Gasteiger partial charge in [0.15, 0.2) is 11.6 Å². The van der Waals surface area contributed by atoms with Crippen LogP contribution in [0.15, 0.2) is 212 Å². The van der Waals surface area contributed by atoms with Crippen LogP contribution in [0.1, 0.15) is 0 Å². The van der Waals surface area contributed by atoms with Gasteiger partial charge in [0, 0.05) is 34.0 Å². The van der Waals surface area contributed by atoms with Crippen molar-refractivity contribution in [3.05, 3.63) is 212 Å². The van der Waals surface area contributed by atoms with Gasteiger partial charge in [-0.2, -0.15) is 0 Å². The van der Waals surface area contributed by atoms with E-state index in [0.717, 1.165) is 61.7 Å². The van der Waals surface area contributed by atoms with Gasteiger partial charge in [0.05, 0.1) is 51.2 Å². The first-order valence-electron chi connectivity index (χ1n) is 19.7. The van der Waals surface area contributed by atoms with Crippen molar-refractivity contribution in [2.75, 3.05) is 0 Å². The van der Waals surface area contributed by atoms with Crippen LogP contribution in [0.2, 0.25) is 0 Å². The molecule has 5 aromatic heterocycles. The second-order valence-corrected chi connectivity index (χ2v) is 14.2. The minimum atomic E-state index is 0.595. The van der Waals surface area contributed by atoms with Gasteiger partial charge in [-0.05, 0) is 59.7 Å². The van der Waals surface area contributed by atoms with Gasteiger partial charge in [-0.1, -0.05) is 158 Å². The molecule has 0 bridgehead atoms. The number of rotatable bonds is 9. The Morgan fingerprint density at radius 2 is 0.583 bits per heavy atom. The number of aromatic nitrogens is 7. The van der Waals surface area contributed by atoms with Crippen molar-refractivity contribution in [3.8, 4) is 102 Å². The van der Waals surface area contributed by atoms with E-state index in [0.29, 0.717) is 40.1 Å². The molecular weight excluding hydrogens is 735 g/mol. The van der Waals surface area contributed by atoms with Crippen molar-refractivity contribution in [1.29, 1.82) is 0 Å². The van der Waals surface area contributed by atoms with Gasteiger partial charge in [-0.15, -0.1) is 0 Å². The van der Waals surface area contributed by atoms with E-state index in [9.17, 15) is 0 Å². The summed E-state index contributed by atoms with van der Waals surface area (Å²) in [4.78, 5) is 35.3. The lowest BCUT2D eigenvalue weighted by atomic mass is 10.0. The summed E-state index contributed by atoms with van der Waals surface area (Å²) >= 11 is 0. The van der Waals surface area contributed by atoms with Crippen molar-refractivity contribution in [2.24, 2.45) is 0 Å². The van der Waals surface area contributed by atoms with E-state index in [1.807, 2.05) is 152 Å². The highest BCUT2D eigenvalue weighted by Crippen LogP contribution is 2.33. The first-order chi connectivity index (χ1) is 29.7. The monoisotopic (exact) mass is 769 g/mol. The highest BCUT2D eigenvalue weighted by Gasteiger charge is 2.16. The van der Waals surface area contributed by atoms with Gasteiger partial charge in [-0.3, -0.25) is 4.98 Å². The second kappa shape index (κ2) is 16.3. The van der Waals surface area contributed by atoms with Gasteiger partial charge >= 0.3 is 0 Å². The van der Waals surface area contributed by atoms with Crippen LogP contribution < -0.4 is 0 Å². The number of hydrogen-bond acceptors (Lipinski definition) is 7. The molecular formula is C53H35N7. The summed E-state index contributed by atoms with van der Waals surface area (Å²) in [5.74, 6) is 1.23. The van der Waals surface area contributed by atoms with Crippen molar-refractivity contribution in [2.45, 2.75) is 0 Å². The molecule has 7 heteroatoms. The quantitative estimate of drug-likeness (QED) is 0.144. The summed E-state index contributed by atoms with van der Waals surface area (Å²) in [6.45, 7) is 0. The maximum Gasteiger partial charge on any atom is 0.161 e. The lowest BCUT2D eigenvalue weighted by Crippen LogP contribution is -1.99. The molecule has 5 heterocycles. The predicted octanol–water partition coefficient (Wildman–Crippen LogP) is 12.5. The summed E-state index contributed by atoms with van der Waals surface area (Å²) in [5.41, 5.74) is 13.6. The number of pyridine rings is 3. The van der Waals surface area contributed by atoms with Gasteiger partial charge < -0.3 is 0 Å². The first kappa shape index (κ1) is 36.1. The average molecular weight is 770 g/mol. The fourth-order valence-electron chi connectivity index (χ4n) is 7.13. The lowest BCUT2D eigenvalue weighted by molar-refractivity contribution is 1.15. The van der Waals surface area contributed by atoms with Gasteiger partial charge in [0.2, 0.25) is 0 Å². The van der Waals surface area contributed by atoms with Gasteiger partial charge in [0.1, 0.15) is 0 Å². The van der Waals surface area contributed by atoms with E-state index in [2.05, 4.69) is 60.7 Å². The molecule has 0 unspecified atom stereocenters. The zero-order chi connectivity index (χ0) is 40.1. The molecule has 7 nitrogen and oxygen atoms in total. The second-order valence-electron chi connectivity index (χ2n) is 14.2.